The molecule has 1 fully saturated rings. The second-order valence-corrected chi connectivity index (χ2v) is 3.82. The molecule has 0 saturated carbocycles. The molecule has 1 aliphatic rings. The van der Waals surface area contributed by atoms with Gasteiger partial charge in [-0.1, -0.05) is 0 Å². The van der Waals surface area contributed by atoms with E-state index in [2.05, 4.69) is 5.32 Å². The minimum atomic E-state index is -0.492. The Kier molecular flexibility index (Phi) is 3.06. The molecule has 18 heavy (non-hydrogen) atoms. The van der Waals surface area contributed by atoms with Crippen LogP contribution < -0.4 is 5.32 Å². The van der Waals surface area contributed by atoms with Gasteiger partial charge < -0.3 is 4.90 Å². The van der Waals surface area contributed by atoms with Gasteiger partial charge >= 0.3 is 0 Å². The molecule has 0 unspecified atom stereocenters. The SMILES string of the molecule is N#Cc1ccc(C(=O)N2CC(=O)NC(=O)C2)cc1. The average Bonchev–Trinajstić information content (AvgIpc) is 2.37. The van der Waals surface area contributed by atoms with Gasteiger partial charge in [-0.05, 0) is 24.3 Å². The van der Waals surface area contributed by atoms with Crippen molar-refractivity contribution in [3.63, 3.8) is 0 Å². The van der Waals surface area contributed by atoms with Crippen LogP contribution in [-0.4, -0.2) is 35.7 Å². The molecule has 0 spiro atoms. The fraction of sp³-hybridized carbons (Fsp3) is 0.167. The Hall–Kier alpha value is -2.68. The summed E-state index contributed by atoms with van der Waals surface area (Å²) >= 11 is 0. The van der Waals surface area contributed by atoms with Gasteiger partial charge in [-0.3, -0.25) is 19.7 Å². The van der Waals surface area contributed by atoms with E-state index in [1.165, 1.54) is 29.2 Å². The number of benzene rings is 1. The van der Waals surface area contributed by atoms with E-state index in [4.69, 9.17) is 5.26 Å². The molecule has 3 amide bonds. The number of rotatable bonds is 1. The van der Waals surface area contributed by atoms with Crippen LogP contribution in [0.25, 0.3) is 0 Å². The smallest absolute Gasteiger partial charge is 0.254 e. The van der Waals surface area contributed by atoms with Crippen molar-refractivity contribution >= 4 is 17.7 Å². The van der Waals surface area contributed by atoms with Gasteiger partial charge in [-0.2, -0.15) is 5.26 Å². The summed E-state index contributed by atoms with van der Waals surface area (Å²) < 4.78 is 0. The van der Waals surface area contributed by atoms with Crippen molar-refractivity contribution < 1.29 is 14.4 Å². The van der Waals surface area contributed by atoms with Crippen molar-refractivity contribution in [2.75, 3.05) is 13.1 Å². The first-order valence-electron chi connectivity index (χ1n) is 5.22. The molecule has 1 aromatic carbocycles. The predicted molar refractivity (Wildman–Crippen MR) is 60.2 cm³/mol. The molecule has 1 aromatic rings. The van der Waals surface area contributed by atoms with E-state index in [-0.39, 0.29) is 13.1 Å². The summed E-state index contributed by atoms with van der Waals surface area (Å²) in [5.41, 5.74) is 0.788. The van der Waals surface area contributed by atoms with Gasteiger partial charge in [0, 0.05) is 5.56 Å². The Morgan fingerprint density at radius 1 is 1.17 bits per heavy atom. The number of amides is 3. The number of piperazine rings is 1. The maximum absolute atomic E-state index is 12.0. The fourth-order valence-corrected chi connectivity index (χ4v) is 1.65. The molecule has 0 bridgehead atoms. The number of nitrogens with one attached hydrogen (secondary N) is 1. The highest BCUT2D eigenvalue weighted by molar-refractivity contribution is 6.05. The van der Waals surface area contributed by atoms with Crippen molar-refractivity contribution in [1.29, 1.82) is 5.26 Å². The Labute approximate surface area is 103 Å². The number of carbonyl (C=O) groups excluding carboxylic acids is 3. The molecule has 90 valence electrons. The first-order chi connectivity index (χ1) is 8.60. The quantitative estimate of drug-likeness (QED) is 0.683. The third kappa shape index (κ3) is 2.35. The maximum atomic E-state index is 12.0. The maximum Gasteiger partial charge on any atom is 0.254 e. The lowest BCUT2D eigenvalue weighted by Gasteiger charge is -2.25. The van der Waals surface area contributed by atoms with Crippen LogP contribution >= 0.6 is 0 Å². The number of nitriles is 1. The molecule has 0 atom stereocenters. The summed E-state index contributed by atoms with van der Waals surface area (Å²) in [6.45, 7) is -0.269. The molecule has 1 aliphatic heterocycles. The minimum Gasteiger partial charge on any atom is -0.320 e. The van der Waals surface area contributed by atoms with Crippen molar-refractivity contribution in [3.05, 3.63) is 35.4 Å². The standard InChI is InChI=1S/C12H9N3O3/c13-5-8-1-3-9(4-2-8)12(18)15-6-10(16)14-11(17)7-15/h1-4H,6-7H2,(H,14,16,17). The average molecular weight is 243 g/mol. The third-order valence-corrected chi connectivity index (χ3v) is 2.50. The molecule has 6 nitrogen and oxygen atoms in total. The van der Waals surface area contributed by atoms with Crippen LogP contribution in [0.15, 0.2) is 24.3 Å². The summed E-state index contributed by atoms with van der Waals surface area (Å²) in [4.78, 5) is 35.5. The molecule has 6 heteroatoms. The number of hydrogen-bond acceptors (Lipinski definition) is 4. The zero-order valence-electron chi connectivity index (χ0n) is 9.34. The zero-order chi connectivity index (χ0) is 13.1. The molecule has 2 rings (SSSR count). The minimum absolute atomic E-state index is 0.134. The van der Waals surface area contributed by atoms with Gasteiger partial charge in [0.25, 0.3) is 5.91 Å². The summed E-state index contributed by atoms with van der Waals surface area (Å²) in [5.74, 6) is -1.39. The lowest BCUT2D eigenvalue weighted by atomic mass is 10.1. The van der Waals surface area contributed by atoms with E-state index in [0.29, 0.717) is 11.1 Å². The molecular formula is C12H9N3O3. The molecule has 0 radical (unpaired) electrons. The van der Waals surface area contributed by atoms with Crippen LogP contribution in [0.2, 0.25) is 0 Å². The van der Waals surface area contributed by atoms with Crippen LogP contribution in [0.4, 0.5) is 0 Å². The predicted octanol–water partition coefficient (Wildman–Crippen LogP) is -0.343. The highest BCUT2D eigenvalue weighted by Crippen LogP contribution is 2.08. The lowest BCUT2D eigenvalue weighted by molar-refractivity contribution is -0.135. The summed E-state index contributed by atoms with van der Waals surface area (Å²) in [6, 6.07) is 7.97. The summed E-state index contributed by atoms with van der Waals surface area (Å²) in [7, 11) is 0. The van der Waals surface area contributed by atoms with Crippen molar-refractivity contribution in [1.82, 2.24) is 10.2 Å². The lowest BCUT2D eigenvalue weighted by Crippen LogP contribution is -2.53. The van der Waals surface area contributed by atoms with E-state index < -0.39 is 17.7 Å². The van der Waals surface area contributed by atoms with E-state index >= 15 is 0 Å². The van der Waals surface area contributed by atoms with Crippen molar-refractivity contribution in [2.45, 2.75) is 0 Å². The topological polar surface area (TPSA) is 90.3 Å². The highest BCUT2D eigenvalue weighted by atomic mass is 16.2. The van der Waals surface area contributed by atoms with Crippen LogP contribution in [-0.2, 0) is 9.59 Å². The third-order valence-electron chi connectivity index (χ3n) is 2.50. The summed E-state index contributed by atoms with van der Waals surface area (Å²) in [6.07, 6.45) is 0. The van der Waals surface area contributed by atoms with Gasteiger partial charge in [0.1, 0.15) is 13.1 Å². The molecular weight excluding hydrogens is 234 g/mol. The normalized spacial score (nSPS) is 14.9. The first kappa shape index (κ1) is 11.8. The Balaban J connectivity index is 2.17. The van der Waals surface area contributed by atoms with Crippen LogP contribution in [0.5, 0.6) is 0 Å². The second kappa shape index (κ2) is 4.67. The zero-order valence-corrected chi connectivity index (χ0v) is 9.34. The number of nitrogens with zero attached hydrogens (tertiary/aromatic N) is 2. The molecule has 1 N–H and O–H groups in total. The molecule has 1 saturated heterocycles. The second-order valence-electron chi connectivity index (χ2n) is 3.82. The first-order valence-corrected chi connectivity index (χ1v) is 5.22. The van der Waals surface area contributed by atoms with Crippen LogP contribution in [0.1, 0.15) is 15.9 Å². The number of imide groups is 1. The van der Waals surface area contributed by atoms with Crippen LogP contribution in [0.3, 0.4) is 0 Å². The molecule has 0 aromatic heterocycles. The van der Waals surface area contributed by atoms with Gasteiger partial charge in [0.15, 0.2) is 0 Å². The van der Waals surface area contributed by atoms with Crippen molar-refractivity contribution in [2.24, 2.45) is 0 Å². The van der Waals surface area contributed by atoms with Gasteiger partial charge in [0.05, 0.1) is 11.6 Å². The monoisotopic (exact) mass is 243 g/mol. The van der Waals surface area contributed by atoms with Gasteiger partial charge in [-0.25, -0.2) is 0 Å². The van der Waals surface area contributed by atoms with Crippen molar-refractivity contribution in [3.8, 4) is 6.07 Å². The Morgan fingerprint density at radius 3 is 2.22 bits per heavy atom. The Bertz CT molecular complexity index is 541. The molecule has 0 aliphatic carbocycles. The van der Waals surface area contributed by atoms with Crippen LogP contribution in [0, 0.1) is 11.3 Å². The number of hydrogen-bond donors (Lipinski definition) is 1. The van der Waals surface area contributed by atoms with E-state index in [0.717, 1.165) is 0 Å². The van der Waals surface area contributed by atoms with E-state index in [1.807, 2.05) is 6.07 Å². The highest BCUT2D eigenvalue weighted by Gasteiger charge is 2.26. The van der Waals surface area contributed by atoms with Gasteiger partial charge in [0.2, 0.25) is 11.8 Å². The van der Waals surface area contributed by atoms with E-state index in [9.17, 15) is 14.4 Å². The number of carbonyl (C=O) groups is 3. The summed E-state index contributed by atoms with van der Waals surface area (Å²) in [5, 5.41) is 10.8. The molecule has 1 heterocycles. The van der Waals surface area contributed by atoms with Gasteiger partial charge in [-0.15, -0.1) is 0 Å². The largest absolute Gasteiger partial charge is 0.320 e. The van der Waals surface area contributed by atoms with E-state index in [1.54, 1.807) is 0 Å². The Morgan fingerprint density at radius 2 is 1.72 bits per heavy atom. The fourth-order valence-electron chi connectivity index (χ4n) is 1.65.